The molecule has 2 amide bonds. The van der Waals surface area contributed by atoms with Crippen molar-refractivity contribution in [2.24, 2.45) is 0 Å². The summed E-state index contributed by atoms with van der Waals surface area (Å²) < 4.78 is 8.96. The lowest BCUT2D eigenvalue weighted by Crippen LogP contribution is -2.45. The molecule has 1 N–H and O–H groups in total. The second kappa shape index (κ2) is 6.37. The number of carbonyl (C=O) groups excluding carboxylic acids is 2. The second-order valence-electron chi connectivity index (χ2n) is 3.15. The van der Waals surface area contributed by atoms with E-state index < -0.39 is 12.2 Å². The van der Waals surface area contributed by atoms with Crippen LogP contribution in [0.1, 0.15) is 5.56 Å². The molecule has 0 atom stereocenters. The Morgan fingerprint density at radius 2 is 1.82 bits per heavy atom. The molecule has 1 aromatic carbocycles. The highest BCUT2D eigenvalue weighted by Gasteiger charge is 2.17. The first-order valence-electron chi connectivity index (χ1n) is 4.91. The van der Waals surface area contributed by atoms with Crippen LogP contribution in [0.15, 0.2) is 30.3 Å². The van der Waals surface area contributed by atoms with Gasteiger partial charge in [-0.3, -0.25) is 0 Å². The lowest BCUT2D eigenvalue weighted by atomic mass is 10.2. The van der Waals surface area contributed by atoms with Crippen LogP contribution in [-0.4, -0.2) is 31.4 Å². The fraction of sp³-hybridized carbons (Fsp3) is 0.273. The number of amides is 2. The summed E-state index contributed by atoms with van der Waals surface area (Å²) in [5.74, 6) is 0. The van der Waals surface area contributed by atoms with Crippen molar-refractivity contribution < 1.29 is 19.1 Å². The van der Waals surface area contributed by atoms with Gasteiger partial charge in [0.15, 0.2) is 0 Å². The molecule has 0 heterocycles. The van der Waals surface area contributed by atoms with E-state index in [4.69, 9.17) is 0 Å². The summed E-state index contributed by atoms with van der Waals surface area (Å²) in [6.07, 6.45) is -1.40. The van der Waals surface area contributed by atoms with Crippen LogP contribution in [0.3, 0.4) is 0 Å². The normalized spacial score (nSPS) is 9.29. The van der Waals surface area contributed by atoms with E-state index in [0.717, 1.165) is 10.6 Å². The summed E-state index contributed by atoms with van der Waals surface area (Å²) in [5, 5.41) is 1.03. The maximum Gasteiger partial charge on any atom is 0.428 e. The van der Waals surface area contributed by atoms with Crippen molar-refractivity contribution in [3.63, 3.8) is 0 Å². The van der Waals surface area contributed by atoms with Crippen LogP contribution >= 0.6 is 0 Å². The lowest BCUT2D eigenvalue weighted by molar-refractivity contribution is 0.0861. The standard InChI is InChI=1S/C11H14N2O4/c1-16-10(14)12-13(11(15)17-2)8-9-6-4-3-5-7-9/h3-7H,8H2,1-2H3,(H,12,14). The topological polar surface area (TPSA) is 67.9 Å². The van der Waals surface area contributed by atoms with Crippen LogP contribution in [0.4, 0.5) is 9.59 Å². The number of hydrazine groups is 1. The van der Waals surface area contributed by atoms with E-state index in [0.29, 0.717) is 0 Å². The largest absolute Gasteiger partial charge is 0.452 e. The molecule has 17 heavy (non-hydrogen) atoms. The molecular formula is C11H14N2O4. The molecule has 0 radical (unpaired) electrons. The number of hydrogen-bond acceptors (Lipinski definition) is 4. The first-order valence-corrected chi connectivity index (χ1v) is 4.91. The molecule has 0 aromatic heterocycles. The van der Waals surface area contributed by atoms with Crippen molar-refractivity contribution >= 4 is 12.2 Å². The smallest absolute Gasteiger partial charge is 0.428 e. The van der Waals surface area contributed by atoms with Gasteiger partial charge < -0.3 is 9.47 Å². The van der Waals surface area contributed by atoms with Gasteiger partial charge in [-0.2, -0.15) is 0 Å². The zero-order valence-corrected chi connectivity index (χ0v) is 9.67. The molecule has 6 nitrogen and oxygen atoms in total. The van der Waals surface area contributed by atoms with Crippen LogP contribution < -0.4 is 5.43 Å². The van der Waals surface area contributed by atoms with E-state index in [2.05, 4.69) is 14.9 Å². The van der Waals surface area contributed by atoms with E-state index in [1.165, 1.54) is 14.2 Å². The van der Waals surface area contributed by atoms with Gasteiger partial charge in [-0.15, -0.1) is 0 Å². The van der Waals surface area contributed by atoms with Crippen LogP contribution in [0.2, 0.25) is 0 Å². The molecular weight excluding hydrogens is 224 g/mol. The minimum atomic E-state index is -0.730. The number of hydrogen-bond donors (Lipinski definition) is 1. The fourth-order valence-electron chi connectivity index (χ4n) is 1.18. The molecule has 0 aliphatic carbocycles. The summed E-state index contributed by atoms with van der Waals surface area (Å²) in [6, 6.07) is 9.19. The zero-order valence-electron chi connectivity index (χ0n) is 9.67. The number of carbonyl (C=O) groups is 2. The third kappa shape index (κ3) is 4.02. The summed E-state index contributed by atoms with van der Waals surface area (Å²) >= 11 is 0. The van der Waals surface area contributed by atoms with Gasteiger partial charge in [0.25, 0.3) is 0 Å². The summed E-state index contributed by atoms with van der Waals surface area (Å²) in [4.78, 5) is 22.5. The predicted molar refractivity (Wildman–Crippen MR) is 59.9 cm³/mol. The van der Waals surface area contributed by atoms with Crippen LogP contribution in [-0.2, 0) is 16.0 Å². The van der Waals surface area contributed by atoms with Crippen molar-refractivity contribution in [3.05, 3.63) is 35.9 Å². The number of nitrogens with zero attached hydrogens (tertiary/aromatic N) is 1. The third-order valence-electron chi connectivity index (χ3n) is 1.99. The van der Waals surface area contributed by atoms with Gasteiger partial charge in [0.05, 0.1) is 20.8 Å². The van der Waals surface area contributed by atoms with Gasteiger partial charge in [0, 0.05) is 0 Å². The third-order valence-corrected chi connectivity index (χ3v) is 1.99. The van der Waals surface area contributed by atoms with E-state index in [-0.39, 0.29) is 6.54 Å². The Morgan fingerprint density at radius 1 is 1.18 bits per heavy atom. The number of rotatable bonds is 2. The first kappa shape index (κ1) is 12.8. The van der Waals surface area contributed by atoms with Crippen molar-refractivity contribution in [2.75, 3.05) is 14.2 Å². The molecule has 0 spiro atoms. The highest BCUT2D eigenvalue weighted by Crippen LogP contribution is 2.03. The van der Waals surface area contributed by atoms with Gasteiger partial charge in [-0.1, -0.05) is 30.3 Å². The Kier molecular flexibility index (Phi) is 4.80. The van der Waals surface area contributed by atoms with Crippen molar-refractivity contribution in [2.45, 2.75) is 6.54 Å². The molecule has 0 aliphatic rings. The monoisotopic (exact) mass is 238 g/mol. The first-order chi connectivity index (χ1) is 8.17. The fourth-order valence-corrected chi connectivity index (χ4v) is 1.18. The predicted octanol–water partition coefficient (Wildman–Crippen LogP) is 1.53. The Morgan fingerprint density at radius 3 is 2.35 bits per heavy atom. The summed E-state index contributed by atoms with van der Waals surface area (Å²) in [6.45, 7) is 0.197. The Labute approximate surface area is 99.1 Å². The lowest BCUT2D eigenvalue weighted by Gasteiger charge is -2.20. The van der Waals surface area contributed by atoms with Crippen molar-refractivity contribution in [1.82, 2.24) is 10.4 Å². The summed E-state index contributed by atoms with van der Waals surface area (Å²) in [5.41, 5.74) is 3.12. The van der Waals surface area contributed by atoms with Gasteiger partial charge in [0.2, 0.25) is 0 Å². The molecule has 92 valence electrons. The molecule has 0 saturated carbocycles. The second-order valence-corrected chi connectivity index (χ2v) is 3.15. The van der Waals surface area contributed by atoms with Crippen LogP contribution in [0, 0.1) is 0 Å². The van der Waals surface area contributed by atoms with E-state index >= 15 is 0 Å². The van der Waals surface area contributed by atoms with Crippen LogP contribution in [0.25, 0.3) is 0 Å². The minimum absolute atomic E-state index is 0.197. The zero-order chi connectivity index (χ0) is 12.7. The van der Waals surface area contributed by atoms with E-state index in [9.17, 15) is 9.59 Å². The molecule has 0 unspecified atom stereocenters. The SMILES string of the molecule is COC(=O)NN(Cc1ccccc1)C(=O)OC. The maximum absolute atomic E-state index is 11.4. The maximum atomic E-state index is 11.4. The van der Waals surface area contributed by atoms with Gasteiger partial charge in [-0.05, 0) is 5.56 Å². The van der Waals surface area contributed by atoms with Gasteiger partial charge in [0.1, 0.15) is 0 Å². The molecule has 0 saturated heterocycles. The highest BCUT2D eigenvalue weighted by molar-refractivity contribution is 5.73. The van der Waals surface area contributed by atoms with Gasteiger partial charge >= 0.3 is 12.2 Å². The molecule has 6 heteroatoms. The molecule has 0 bridgehead atoms. The molecule has 1 rings (SSSR count). The Balaban J connectivity index is 2.70. The molecule has 0 aliphatic heterocycles. The number of benzene rings is 1. The summed E-state index contributed by atoms with van der Waals surface area (Å²) in [7, 11) is 2.45. The minimum Gasteiger partial charge on any atom is -0.452 e. The number of methoxy groups -OCH3 is 2. The van der Waals surface area contributed by atoms with Gasteiger partial charge in [-0.25, -0.2) is 20.0 Å². The molecule has 1 aromatic rings. The van der Waals surface area contributed by atoms with Crippen molar-refractivity contribution in [1.29, 1.82) is 0 Å². The number of nitrogens with one attached hydrogen (secondary N) is 1. The van der Waals surface area contributed by atoms with E-state index in [1.807, 2.05) is 30.3 Å². The molecule has 0 fully saturated rings. The average molecular weight is 238 g/mol. The van der Waals surface area contributed by atoms with Crippen molar-refractivity contribution in [3.8, 4) is 0 Å². The Hall–Kier alpha value is -2.24. The van der Waals surface area contributed by atoms with Crippen LogP contribution in [0.5, 0.6) is 0 Å². The highest BCUT2D eigenvalue weighted by atomic mass is 16.6. The average Bonchev–Trinajstić information content (AvgIpc) is 2.38. The number of ether oxygens (including phenoxy) is 2. The Bertz CT molecular complexity index is 380. The van der Waals surface area contributed by atoms with E-state index in [1.54, 1.807) is 0 Å². The quantitative estimate of drug-likeness (QED) is 0.793.